The maximum absolute atomic E-state index is 13.9. The fourth-order valence-corrected chi connectivity index (χ4v) is 4.49. The maximum Gasteiger partial charge on any atom is 0.270 e. The normalized spacial score (nSPS) is 14.7. The van der Waals surface area contributed by atoms with E-state index in [0.29, 0.717) is 36.0 Å². The SMILES string of the molecule is O=C(NCCN1CCN(c2nc3c(F)cc(F)cc3s2)CC1)c1cccc([N+](=O)[O-])c1. The summed E-state index contributed by atoms with van der Waals surface area (Å²) < 4.78 is 27.8. The Hall–Kier alpha value is -3.18. The van der Waals surface area contributed by atoms with Crippen LogP contribution in [0.3, 0.4) is 0 Å². The molecule has 1 aromatic heterocycles. The highest BCUT2D eigenvalue weighted by molar-refractivity contribution is 7.22. The first-order valence-corrected chi connectivity index (χ1v) is 10.5. The number of amides is 1. The predicted molar refractivity (Wildman–Crippen MR) is 114 cm³/mol. The van der Waals surface area contributed by atoms with Crippen molar-refractivity contribution in [1.29, 1.82) is 0 Å². The summed E-state index contributed by atoms with van der Waals surface area (Å²) >= 11 is 1.27. The highest BCUT2D eigenvalue weighted by Crippen LogP contribution is 2.31. The molecule has 0 unspecified atom stereocenters. The summed E-state index contributed by atoms with van der Waals surface area (Å²) in [6.45, 7) is 3.88. The summed E-state index contributed by atoms with van der Waals surface area (Å²) in [7, 11) is 0. The van der Waals surface area contributed by atoms with Crippen molar-refractivity contribution in [3.63, 3.8) is 0 Å². The van der Waals surface area contributed by atoms with Gasteiger partial charge in [-0.05, 0) is 12.1 Å². The zero-order chi connectivity index (χ0) is 22.0. The van der Waals surface area contributed by atoms with Crippen molar-refractivity contribution < 1.29 is 18.5 Å². The van der Waals surface area contributed by atoms with Crippen LogP contribution in [0, 0.1) is 21.7 Å². The van der Waals surface area contributed by atoms with Crippen molar-refractivity contribution in [3.8, 4) is 0 Å². The second kappa shape index (κ2) is 8.90. The Morgan fingerprint density at radius 1 is 1.19 bits per heavy atom. The average molecular weight is 447 g/mol. The number of non-ortho nitro benzene ring substituents is 1. The Bertz CT molecular complexity index is 1130. The number of fused-ring (bicyclic) bond motifs is 1. The molecule has 8 nitrogen and oxygen atoms in total. The summed E-state index contributed by atoms with van der Waals surface area (Å²) in [5.41, 5.74) is 0.312. The number of nitrogens with zero attached hydrogens (tertiary/aromatic N) is 4. The molecule has 0 spiro atoms. The van der Waals surface area contributed by atoms with Gasteiger partial charge < -0.3 is 10.2 Å². The smallest absolute Gasteiger partial charge is 0.270 e. The van der Waals surface area contributed by atoms with E-state index in [1.807, 2.05) is 4.90 Å². The van der Waals surface area contributed by atoms with Gasteiger partial charge >= 0.3 is 0 Å². The molecular formula is C20H19F2N5O3S. The molecule has 1 amide bonds. The quantitative estimate of drug-likeness (QED) is 0.461. The van der Waals surface area contributed by atoms with Crippen molar-refractivity contribution in [3.05, 3.63) is 63.7 Å². The van der Waals surface area contributed by atoms with Gasteiger partial charge in [-0.25, -0.2) is 13.8 Å². The molecule has 1 N–H and O–H groups in total. The van der Waals surface area contributed by atoms with Crippen LogP contribution in [0.1, 0.15) is 10.4 Å². The number of nitrogens with one attached hydrogen (secondary N) is 1. The molecule has 4 rings (SSSR count). The Balaban J connectivity index is 1.27. The number of nitro benzene ring substituents is 1. The molecule has 1 aliphatic rings. The highest BCUT2D eigenvalue weighted by Gasteiger charge is 2.21. The number of piperazine rings is 1. The lowest BCUT2D eigenvalue weighted by Gasteiger charge is -2.34. The number of benzene rings is 2. The topological polar surface area (TPSA) is 91.6 Å². The van der Waals surface area contributed by atoms with E-state index < -0.39 is 16.6 Å². The van der Waals surface area contributed by atoms with E-state index in [-0.39, 0.29) is 22.7 Å². The third-order valence-corrected chi connectivity index (χ3v) is 6.14. The van der Waals surface area contributed by atoms with Crippen molar-refractivity contribution >= 4 is 38.3 Å². The van der Waals surface area contributed by atoms with E-state index in [1.165, 1.54) is 41.7 Å². The van der Waals surface area contributed by atoms with Crippen LogP contribution < -0.4 is 10.2 Å². The maximum atomic E-state index is 13.9. The van der Waals surface area contributed by atoms with Gasteiger partial charge in [0, 0.05) is 63.0 Å². The van der Waals surface area contributed by atoms with Gasteiger partial charge in [0.1, 0.15) is 11.3 Å². The van der Waals surface area contributed by atoms with Crippen molar-refractivity contribution in [2.75, 3.05) is 44.2 Å². The minimum Gasteiger partial charge on any atom is -0.351 e. The van der Waals surface area contributed by atoms with Gasteiger partial charge in [0.05, 0.1) is 9.62 Å². The second-order valence-corrected chi connectivity index (χ2v) is 8.13. The minimum absolute atomic E-state index is 0.124. The number of thiazole rings is 1. The van der Waals surface area contributed by atoms with Gasteiger partial charge in [-0.15, -0.1) is 0 Å². The number of hydrogen-bond donors (Lipinski definition) is 1. The third kappa shape index (κ3) is 4.78. The number of aromatic nitrogens is 1. The molecule has 11 heteroatoms. The molecule has 31 heavy (non-hydrogen) atoms. The molecule has 162 valence electrons. The first kappa shape index (κ1) is 21.1. The summed E-state index contributed by atoms with van der Waals surface area (Å²) in [5.74, 6) is -1.63. The van der Waals surface area contributed by atoms with Gasteiger partial charge in [0.15, 0.2) is 10.9 Å². The number of carbonyl (C=O) groups excluding carboxylic acids is 1. The molecule has 1 aliphatic heterocycles. The molecule has 2 heterocycles. The van der Waals surface area contributed by atoms with Crippen LogP contribution in [0.25, 0.3) is 10.2 Å². The van der Waals surface area contributed by atoms with Gasteiger partial charge in [0.2, 0.25) is 0 Å². The zero-order valence-corrected chi connectivity index (χ0v) is 17.2. The molecule has 3 aromatic rings. The van der Waals surface area contributed by atoms with E-state index in [9.17, 15) is 23.7 Å². The van der Waals surface area contributed by atoms with Gasteiger partial charge in [-0.3, -0.25) is 19.8 Å². The minimum atomic E-state index is -0.657. The lowest BCUT2D eigenvalue weighted by Crippen LogP contribution is -2.48. The summed E-state index contributed by atoms with van der Waals surface area (Å²) in [5, 5.41) is 14.3. The van der Waals surface area contributed by atoms with E-state index in [1.54, 1.807) is 0 Å². The Morgan fingerprint density at radius 2 is 1.97 bits per heavy atom. The van der Waals surface area contributed by atoms with E-state index >= 15 is 0 Å². The van der Waals surface area contributed by atoms with Gasteiger partial charge in [0.25, 0.3) is 11.6 Å². The number of halogens is 2. The number of rotatable bonds is 6. The van der Waals surface area contributed by atoms with Crippen molar-refractivity contribution in [2.24, 2.45) is 0 Å². The second-order valence-electron chi connectivity index (χ2n) is 7.12. The molecule has 1 fully saturated rings. The monoisotopic (exact) mass is 447 g/mol. The predicted octanol–water partition coefficient (Wildman–Crippen LogP) is 3.03. The standard InChI is InChI=1S/C20H19F2N5O3S/c21-14-11-16(22)18-17(12-14)31-20(24-18)26-8-6-25(7-9-26)5-4-23-19(28)13-2-1-3-15(10-13)27(29)30/h1-3,10-12H,4-9H2,(H,23,28). The zero-order valence-electron chi connectivity index (χ0n) is 16.4. The summed E-state index contributed by atoms with van der Waals surface area (Å²) in [6.07, 6.45) is 0. The summed E-state index contributed by atoms with van der Waals surface area (Å²) in [6, 6.07) is 7.74. The van der Waals surface area contributed by atoms with Crippen LogP contribution in [0.5, 0.6) is 0 Å². The molecule has 2 aromatic carbocycles. The first-order valence-electron chi connectivity index (χ1n) is 9.66. The Morgan fingerprint density at radius 3 is 2.71 bits per heavy atom. The van der Waals surface area contributed by atoms with Crippen LogP contribution >= 0.6 is 11.3 Å². The Kier molecular flexibility index (Phi) is 6.05. The van der Waals surface area contributed by atoms with E-state index in [2.05, 4.69) is 15.2 Å². The van der Waals surface area contributed by atoms with Crippen LogP contribution in [0.4, 0.5) is 19.6 Å². The summed E-state index contributed by atoms with van der Waals surface area (Å²) in [4.78, 5) is 31.0. The highest BCUT2D eigenvalue weighted by atomic mass is 32.1. The molecule has 0 aliphatic carbocycles. The number of nitro groups is 1. The number of hydrogen-bond acceptors (Lipinski definition) is 7. The van der Waals surface area contributed by atoms with Crippen molar-refractivity contribution in [2.45, 2.75) is 0 Å². The molecule has 0 atom stereocenters. The third-order valence-electron chi connectivity index (χ3n) is 5.08. The van der Waals surface area contributed by atoms with Gasteiger partial charge in [-0.2, -0.15) is 0 Å². The van der Waals surface area contributed by atoms with E-state index in [0.717, 1.165) is 19.2 Å². The first-order chi connectivity index (χ1) is 14.9. The fourth-order valence-electron chi connectivity index (χ4n) is 3.43. The number of carbonyl (C=O) groups is 1. The molecule has 0 bridgehead atoms. The van der Waals surface area contributed by atoms with Crippen molar-refractivity contribution in [1.82, 2.24) is 15.2 Å². The van der Waals surface area contributed by atoms with Gasteiger partial charge in [-0.1, -0.05) is 17.4 Å². The van der Waals surface area contributed by atoms with Crippen LogP contribution in [0.15, 0.2) is 36.4 Å². The van der Waals surface area contributed by atoms with Crippen LogP contribution in [0.2, 0.25) is 0 Å². The molecule has 1 saturated heterocycles. The fraction of sp³-hybridized carbons (Fsp3) is 0.300. The van der Waals surface area contributed by atoms with Crippen LogP contribution in [-0.4, -0.2) is 60.0 Å². The lowest BCUT2D eigenvalue weighted by atomic mass is 10.2. The lowest BCUT2D eigenvalue weighted by molar-refractivity contribution is -0.384. The molecule has 0 saturated carbocycles. The van der Waals surface area contributed by atoms with E-state index in [4.69, 9.17) is 0 Å². The largest absolute Gasteiger partial charge is 0.351 e. The molecule has 0 radical (unpaired) electrons. The van der Waals surface area contributed by atoms with Crippen LogP contribution in [-0.2, 0) is 0 Å². The molecular weight excluding hydrogens is 428 g/mol. The Labute approximate surface area is 180 Å². The average Bonchev–Trinajstić information content (AvgIpc) is 3.18. The number of anilines is 1.